The zero-order valence-electron chi connectivity index (χ0n) is 12.1. The van der Waals surface area contributed by atoms with Gasteiger partial charge in [-0.3, -0.25) is 15.1 Å². The molecule has 2 rings (SSSR count). The van der Waals surface area contributed by atoms with Gasteiger partial charge in [-0.1, -0.05) is 30.8 Å². The minimum absolute atomic E-state index is 0.0296. The summed E-state index contributed by atoms with van der Waals surface area (Å²) in [6, 6.07) is 6.32. The average Bonchev–Trinajstić information content (AvgIpc) is 2.94. The van der Waals surface area contributed by atoms with Crippen LogP contribution in [0.3, 0.4) is 0 Å². The fraction of sp³-hybridized carbons (Fsp3) is 0.462. The number of amidine groups is 1. The van der Waals surface area contributed by atoms with Gasteiger partial charge in [0.15, 0.2) is 5.17 Å². The maximum absolute atomic E-state index is 12.1. The van der Waals surface area contributed by atoms with Crippen molar-refractivity contribution in [2.75, 3.05) is 18.8 Å². The van der Waals surface area contributed by atoms with Gasteiger partial charge in [-0.25, -0.2) is 12.7 Å². The molecule has 22 heavy (non-hydrogen) atoms. The Morgan fingerprint density at radius 2 is 2.23 bits per heavy atom. The summed E-state index contributed by atoms with van der Waals surface area (Å²) in [7, 11) is -3.31. The molecule has 1 heterocycles. The summed E-state index contributed by atoms with van der Waals surface area (Å²) in [5, 5.41) is 11.2. The molecule has 0 aliphatic carbocycles. The molecule has 0 aromatic heterocycles. The van der Waals surface area contributed by atoms with Crippen LogP contribution in [0.4, 0.5) is 5.69 Å². The fourth-order valence-corrected chi connectivity index (χ4v) is 4.85. The number of aliphatic imine (C=N–C) groups is 1. The van der Waals surface area contributed by atoms with E-state index in [4.69, 9.17) is 0 Å². The van der Waals surface area contributed by atoms with Crippen molar-refractivity contribution < 1.29 is 13.3 Å². The van der Waals surface area contributed by atoms with Crippen LogP contribution >= 0.6 is 11.8 Å². The predicted molar refractivity (Wildman–Crippen MR) is 87.5 cm³/mol. The van der Waals surface area contributed by atoms with Gasteiger partial charge < -0.3 is 0 Å². The van der Waals surface area contributed by atoms with E-state index in [1.54, 1.807) is 12.1 Å². The normalized spacial score (nSPS) is 15.0. The molecular weight excluding hydrogens is 326 g/mol. The molecule has 9 heteroatoms. The minimum Gasteiger partial charge on any atom is -0.260 e. The van der Waals surface area contributed by atoms with E-state index in [0.717, 1.165) is 5.56 Å². The first-order chi connectivity index (χ1) is 10.4. The number of nitrogens with zero attached hydrogens (tertiary/aromatic N) is 3. The molecule has 0 fully saturated rings. The number of hydrogen-bond donors (Lipinski definition) is 0. The van der Waals surface area contributed by atoms with Gasteiger partial charge in [0.2, 0.25) is 10.0 Å². The Hall–Kier alpha value is -1.61. The number of benzene rings is 1. The number of rotatable bonds is 6. The van der Waals surface area contributed by atoms with Crippen LogP contribution in [0.15, 0.2) is 29.3 Å². The van der Waals surface area contributed by atoms with Crippen LogP contribution in [-0.2, 0) is 15.8 Å². The van der Waals surface area contributed by atoms with E-state index in [9.17, 15) is 18.5 Å². The van der Waals surface area contributed by atoms with Gasteiger partial charge in [-0.15, -0.1) is 0 Å². The zero-order valence-corrected chi connectivity index (χ0v) is 13.8. The van der Waals surface area contributed by atoms with E-state index in [2.05, 4.69) is 4.99 Å². The van der Waals surface area contributed by atoms with Crippen LogP contribution in [0.2, 0.25) is 0 Å². The number of sulfonamides is 1. The Balaban J connectivity index is 2.05. The molecule has 0 saturated heterocycles. The summed E-state index contributed by atoms with van der Waals surface area (Å²) >= 11 is 1.29. The lowest BCUT2D eigenvalue weighted by Crippen LogP contribution is -2.34. The Kier molecular flexibility index (Phi) is 5.41. The third-order valence-corrected chi connectivity index (χ3v) is 6.20. The number of nitro groups is 1. The van der Waals surface area contributed by atoms with Gasteiger partial charge in [0.1, 0.15) is 0 Å². The molecule has 1 aliphatic heterocycles. The molecule has 0 spiro atoms. The van der Waals surface area contributed by atoms with Crippen molar-refractivity contribution >= 4 is 32.6 Å². The fourth-order valence-electron chi connectivity index (χ4n) is 2.06. The smallest absolute Gasteiger partial charge is 0.260 e. The van der Waals surface area contributed by atoms with Crippen molar-refractivity contribution in [1.29, 1.82) is 0 Å². The lowest BCUT2D eigenvalue weighted by atomic mass is 10.2. The van der Waals surface area contributed by atoms with Crippen molar-refractivity contribution in [3.8, 4) is 0 Å². The molecular formula is C13H17N3O4S2. The predicted octanol–water partition coefficient (Wildman–Crippen LogP) is 2.24. The molecule has 0 radical (unpaired) electrons. The van der Waals surface area contributed by atoms with Gasteiger partial charge in [-0.05, 0) is 12.0 Å². The van der Waals surface area contributed by atoms with E-state index in [-0.39, 0.29) is 11.4 Å². The standard InChI is InChI=1S/C13H17N3O4S2/c1-2-8-22(19,20)15-7-6-14-13(15)21-10-11-4-3-5-12(9-11)16(17)18/h3-5,9H,2,6-8,10H2,1H3. The minimum atomic E-state index is -3.31. The summed E-state index contributed by atoms with van der Waals surface area (Å²) in [5.41, 5.74) is 0.795. The summed E-state index contributed by atoms with van der Waals surface area (Å²) in [6.07, 6.45) is 0.557. The van der Waals surface area contributed by atoms with Gasteiger partial charge in [0.05, 0.1) is 23.8 Å². The molecule has 7 nitrogen and oxygen atoms in total. The number of hydrogen-bond acceptors (Lipinski definition) is 6. The van der Waals surface area contributed by atoms with E-state index >= 15 is 0 Å². The summed E-state index contributed by atoms with van der Waals surface area (Å²) in [5.74, 6) is 0.544. The summed E-state index contributed by atoms with van der Waals surface area (Å²) < 4.78 is 25.6. The molecule has 1 aromatic carbocycles. The van der Waals surface area contributed by atoms with Crippen molar-refractivity contribution in [1.82, 2.24) is 4.31 Å². The van der Waals surface area contributed by atoms with Crippen LogP contribution in [0, 0.1) is 10.1 Å². The molecule has 0 unspecified atom stereocenters. The number of thioether (sulfide) groups is 1. The third kappa shape index (κ3) is 3.98. The quantitative estimate of drug-likeness (QED) is 0.583. The van der Waals surface area contributed by atoms with Crippen molar-refractivity contribution in [3.05, 3.63) is 39.9 Å². The van der Waals surface area contributed by atoms with Crippen LogP contribution in [0.5, 0.6) is 0 Å². The SMILES string of the molecule is CCCS(=O)(=O)N1CCN=C1SCc1cccc([N+](=O)[O-])c1. The second kappa shape index (κ2) is 7.10. The van der Waals surface area contributed by atoms with Crippen molar-refractivity contribution in [2.45, 2.75) is 19.1 Å². The maximum atomic E-state index is 12.1. The van der Waals surface area contributed by atoms with Crippen molar-refractivity contribution in [3.63, 3.8) is 0 Å². The summed E-state index contributed by atoms with van der Waals surface area (Å²) in [4.78, 5) is 14.5. The van der Waals surface area contributed by atoms with Gasteiger partial charge in [0.25, 0.3) is 5.69 Å². The van der Waals surface area contributed by atoms with Gasteiger partial charge >= 0.3 is 0 Å². The highest BCUT2D eigenvalue weighted by Gasteiger charge is 2.28. The second-order valence-corrected chi connectivity index (χ2v) is 7.72. The molecule has 0 atom stereocenters. The topological polar surface area (TPSA) is 92.9 Å². The van der Waals surface area contributed by atoms with Crippen LogP contribution in [-0.4, -0.2) is 41.7 Å². The highest BCUT2D eigenvalue weighted by atomic mass is 32.2. The number of non-ortho nitro benzene ring substituents is 1. The Labute approximate surface area is 133 Å². The Bertz CT molecular complexity index is 688. The second-order valence-electron chi connectivity index (χ2n) is 4.77. The monoisotopic (exact) mass is 343 g/mol. The highest BCUT2D eigenvalue weighted by molar-refractivity contribution is 8.14. The molecule has 1 aliphatic rings. The van der Waals surface area contributed by atoms with Crippen molar-refractivity contribution in [2.24, 2.45) is 4.99 Å². The van der Waals surface area contributed by atoms with Gasteiger partial charge in [-0.2, -0.15) is 0 Å². The highest BCUT2D eigenvalue weighted by Crippen LogP contribution is 2.24. The Morgan fingerprint density at radius 1 is 1.45 bits per heavy atom. The summed E-state index contributed by atoms with van der Waals surface area (Å²) in [6.45, 7) is 2.65. The maximum Gasteiger partial charge on any atom is 0.269 e. The molecule has 0 saturated carbocycles. The van der Waals surface area contributed by atoms with E-state index in [1.165, 1.54) is 28.2 Å². The molecule has 1 aromatic rings. The van der Waals surface area contributed by atoms with Crippen LogP contribution in [0.25, 0.3) is 0 Å². The van der Waals surface area contributed by atoms with Gasteiger partial charge in [0, 0.05) is 17.9 Å². The molecule has 0 amide bonds. The first kappa shape index (κ1) is 16.8. The van der Waals surface area contributed by atoms with E-state index in [0.29, 0.717) is 30.4 Å². The third-order valence-electron chi connectivity index (χ3n) is 3.05. The first-order valence-electron chi connectivity index (χ1n) is 6.85. The Morgan fingerprint density at radius 3 is 2.91 bits per heavy atom. The van der Waals surface area contributed by atoms with Crippen LogP contribution in [0.1, 0.15) is 18.9 Å². The lowest BCUT2D eigenvalue weighted by molar-refractivity contribution is -0.384. The van der Waals surface area contributed by atoms with E-state index in [1.807, 2.05) is 6.92 Å². The van der Waals surface area contributed by atoms with E-state index < -0.39 is 14.9 Å². The van der Waals surface area contributed by atoms with Crippen LogP contribution < -0.4 is 0 Å². The molecule has 0 N–H and O–H groups in total. The lowest BCUT2D eigenvalue weighted by Gasteiger charge is -2.19. The average molecular weight is 343 g/mol. The zero-order chi connectivity index (χ0) is 16.2. The molecule has 120 valence electrons. The number of nitro benzene ring substituents is 1. The molecule has 0 bridgehead atoms. The first-order valence-corrected chi connectivity index (χ1v) is 9.44. The largest absolute Gasteiger partial charge is 0.269 e.